The second-order valence-corrected chi connectivity index (χ2v) is 4.98. The summed E-state index contributed by atoms with van der Waals surface area (Å²) >= 11 is 0. The molecule has 84 valence electrons. The first kappa shape index (κ1) is 10.9. The fraction of sp³-hybridized carbons (Fsp3) is 0.385. The Kier molecular flexibility index (Phi) is 2.54. The van der Waals surface area contributed by atoms with E-state index in [2.05, 4.69) is 31.0 Å². The van der Waals surface area contributed by atoms with Gasteiger partial charge in [-0.25, -0.2) is 0 Å². The first-order valence-electron chi connectivity index (χ1n) is 5.38. The SMILES string of the molecule is Cc1ccccc1-c1nnc(C(C)(C)C)o1. The average Bonchev–Trinajstić information content (AvgIpc) is 2.66. The third-order valence-corrected chi connectivity index (χ3v) is 2.44. The van der Waals surface area contributed by atoms with E-state index in [1.807, 2.05) is 31.2 Å². The van der Waals surface area contributed by atoms with Gasteiger partial charge in [0.15, 0.2) is 0 Å². The van der Waals surface area contributed by atoms with E-state index in [0.717, 1.165) is 11.1 Å². The fourth-order valence-electron chi connectivity index (χ4n) is 1.45. The summed E-state index contributed by atoms with van der Waals surface area (Å²) in [5.74, 6) is 1.27. The molecule has 2 aromatic rings. The van der Waals surface area contributed by atoms with E-state index in [1.165, 1.54) is 0 Å². The Morgan fingerprint density at radius 3 is 2.31 bits per heavy atom. The van der Waals surface area contributed by atoms with E-state index >= 15 is 0 Å². The van der Waals surface area contributed by atoms with Gasteiger partial charge in [-0.1, -0.05) is 39.0 Å². The molecular formula is C13H16N2O. The van der Waals surface area contributed by atoms with E-state index in [9.17, 15) is 0 Å². The lowest BCUT2D eigenvalue weighted by atomic mass is 9.97. The minimum atomic E-state index is -0.103. The Bertz CT molecular complexity index is 495. The van der Waals surface area contributed by atoms with Crippen LogP contribution in [-0.2, 0) is 5.41 Å². The second-order valence-electron chi connectivity index (χ2n) is 4.98. The summed E-state index contributed by atoms with van der Waals surface area (Å²) in [6.45, 7) is 8.21. The minimum absolute atomic E-state index is 0.103. The Hall–Kier alpha value is -1.64. The number of hydrogen-bond donors (Lipinski definition) is 0. The van der Waals surface area contributed by atoms with Crippen LogP contribution in [0.25, 0.3) is 11.5 Å². The summed E-state index contributed by atoms with van der Waals surface area (Å²) in [4.78, 5) is 0. The van der Waals surface area contributed by atoms with Gasteiger partial charge in [-0.2, -0.15) is 0 Å². The average molecular weight is 216 g/mol. The summed E-state index contributed by atoms with van der Waals surface area (Å²) in [7, 11) is 0. The summed E-state index contributed by atoms with van der Waals surface area (Å²) < 4.78 is 5.69. The molecule has 0 radical (unpaired) electrons. The highest BCUT2D eigenvalue weighted by Gasteiger charge is 2.22. The van der Waals surface area contributed by atoms with Crippen LogP contribution in [0.4, 0.5) is 0 Å². The highest BCUT2D eigenvalue weighted by atomic mass is 16.4. The third-order valence-electron chi connectivity index (χ3n) is 2.44. The van der Waals surface area contributed by atoms with Gasteiger partial charge in [0.2, 0.25) is 11.8 Å². The lowest BCUT2D eigenvalue weighted by Crippen LogP contribution is -2.11. The first-order valence-corrected chi connectivity index (χ1v) is 5.38. The second kappa shape index (κ2) is 3.74. The number of hydrogen-bond acceptors (Lipinski definition) is 3. The van der Waals surface area contributed by atoms with Crippen molar-refractivity contribution in [2.75, 3.05) is 0 Å². The van der Waals surface area contributed by atoms with Gasteiger partial charge in [0.1, 0.15) is 0 Å². The molecule has 2 rings (SSSR count). The normalized spacial score (nSPS) is 11.8. The number of nitrogens with zero attached hydrogens (tertiary/aromatic N) is 2. The van der Waals surface area contributed by atoms with E-state index in [1.54, 1.807) is 0 Å². The lowest BCUT2D eigenvalue weighted by molar-refractivity contribution is 0.399. The lowest BCUT2D eigenvalue weighted by Gasteiger charge is -2.11. The molecule has 3 nitrogen and oxygen atoms in total. The van der Waals surface area contributed by atoms with Gasteiger partial charge >= 0.3 is 0 Å². The van der Waals surface area contributed by atoms with Gasteiger partial charge in [0.25, 0.3) is 0 Å². The molecular weight excluding hydrogens is 200 g/mol. The van der Waals surface area contributed by atoms with E-state index < -0.39 is 0 Å². The van der Waals surface area contributed by atoms with Crippen LogP contribution >= 0.6 is 0 Å². The third kappa shape index (κ3) is 1.98. The Labute approximate surface area is 95.5 Å². The number of rotatable bonds is 1. The molecule has 0 spiro atoms. The van der Waals surface area contributed by atoms with Gasteiger partial charge in [-0.3, -0.25) is 0 Å². The van der Waals surface area contributed by atoms with Crippen LogP contribution < -0.4 is 0 Å². The molecule has 16 heavy (non-hydrogen) atoms. The van der Waals surface area contributed by atoms with Crippen molar-refractivity contribution in [3.8, 4) is 11.5 Å². The molecule has 0 saturated heterocycles. The molecule has 0 atom stereocenters. The molecule has 0 bridgehead atoms. The molecule has 0 unspecified atom stereocenters. The summed E-state index contributed by atoms with van der Waals surface area (Å²) in [6, 6.07) is 8.01. The van der Waals surface area contributed by atoms with Crippen molar-refractivity contribution in [1.29, 1.82) is 0 Å². The molecule has 0 aliphatic rings. The van der Waals surface area contributed by atoms with Crippen molar-refractivity contribution in [3.05, 3.63) is 35.7 Å². The van der Waals surface area contributed by atoms with Crippen LogP contribution in [0.1, 0.15) is 32.2 Å². The van der Waals surface area contributed by atoms with Gasteiger partial charge in [0, 0.05) is 11.0 Å². The van der Waals surface area contributed by atoms with Crippen LogP contribution in [0, 0.1) is 6.92 Å². The maximum atomic E-state index is 5.69. The van der Waals surface area contributed by atoms with Crippen molar-refractivity contribution in [3.63, 3.8) is 0 Å². The highest BCUT2D eigenvalue weighted by Crippen LogP contribution is 2.26. The van der Waals surface area contributed by atoms with Gasteiger partial charge in [-0.15, -0.1) is 10.2 Å². The monoisotopic (exact) mass is 216 g/mol. The Balaban J connectivity index is 2.44. The highest BCUT2D eigenvalue weighted by molar-refractivity contribution is 5.57. The van der Waals surface area contributed by atoms with E-state index in [4.69, 9.17) is 4.42 Å². The zero-order valence-electron chi connectivity index (χ0n) is 10.1. The summed E-state index contributed by atoms with van der Waals surface area (Å²) in [6.07, 6.45) is 0. The molecule has 0 amide bonds. The van der Waals surface area contributed by atoms with Crippen molar-refractivity contribution < 1.29 is 4.42 Å². The van der Waals surface area contributed by atoms with Crippen molar-refractivity contribution >= 4 is 0 Å². The smallest absolute Gasteiger partial charge is 0.248 e. The molecule has 0 saturated carbocycles. The molecule has 1 heterocycles. The minimum Gasteiger partial charge on any atom is -0.420 e. The van der Waals surface area contributed by atoms with Crippen LogP contribution in [0.5, 0.6) is 0 Å². The van der Waals surface area contributed by atoms with Gasteiger partial charge in [-0.05, 0) is 18.6 Å². The standard InChI is InChI=1S/C13H16N2O/c1-9-7-5-6-8-10(9)11-14-15-12(16-11)13(2,3)4/h5-8H,1-4H3. The topological polar surface area (TPSA) is 38.9 Å². The molecule has 1 aromatic heterocycles. The quantitative estimate of drug-likeness (QED) is 0.733. The maximum Gasteiger partial charge on any atom is 0.248 e. The molecule has 1 aromatic carbocycles. The van der Waals surface area contributed by atoms with Crippen molar-refractivity contribution in [2.45, 2.75) is 33.1 Å². The Morgan fingerprint density at radius 1 is 1.06 bits per heavy atom. The molecule has 3 heteroatoms. The predicted octanol–water partition coefficient (Wildman–Crippen LogP) is 3.34. The molecule has 0 aliphatic carbocycles. The fourth-order valence-corrected chi connectivity index (χ4v) is 1.45. The predicted molar refractivity (Wildman–Crippen MR) is 63.2 cm³/mol. The molecule has 0 fully saturated rings. The summed E-state index contributed by atoms with van der Waals surface area (Å²) in [5, 5.41) is 8.19. The van der Waals surface area contributed by atoms with E-state index in [0.29, 0.717) is 11.8 Å². The molecule has 0 aliphatic heterocycles. The summed E-state index contributed by atoms with van der Waals surface area (Å²) in [5.41, 5.74) is 2.05. The van der Waals surface area contributed by atoms with Gasteiger partial charge in [0.05, 0.1) is 0 Å². The van der Waals surface area contributed by atoms with E-state index in [-0.39, 0.29) is 5.41 Å². The van der Waals surface area contributed by atoms with Crippen molar-refractivity contribution in [1.82, 2.24) is 10.2 Å². The first-order chi connectivity index (χ1) is 7.48. The number of benzene rings is 1. The zero-order chi connectivity index (χ0) is 11.8. The van der Waals surface area contributed by atoms with Crippen LogP contribution in [0.15, 0.2) is 28.7 Å². The maximum absolute atomic E-state index is 5.69. The molecule has 0 N–H and O–H groups in total. The van der Waals surface area contributed by atoms with Gasteiger partial charge < -0.3 is 4.42 Å². The Morgan fingerprint density at radius 2 is 1.75 bits per heavy atom. The van der Waals surface area contributed by atoms with Crippen LogP contribution in [0.2, 0.25) is 0 Å². The van der Waals surface area contributed by atoms with Crippen molar-refractivity contribution in [2.24, 2.45) is 0 Å². The number of aromatic nitrogens is 2. The van der Waals surface area contributed by atoms with Crippen LogP contribution in [0.3, 0.4) is 0 Å². The van der Waals surface area contributed by atoms with Crippen LogP contribution in [-0.4, -0.2) is 10.2 Å². The largest absolute Gasteiger partial charge is 0.420 e. The number of aryl methyl sites for hydroxylation is 1. The zero-order valence-corrected chi connectivity index (χ0v) is 10.1.